The van der Waals surface area contributed by atoms with Gasteiger partial charge in [-0.25, -0.2) is 13.9 Å². The van der Waals surface area contributed by atoms with E-state index in [1.165, 1.54) is 0 Å². The molecule has 0 aromatic carbocycles. The maximum atomic E-state index is 13.0. The summed E-state index contributed by atoms with van der Waals surface area (Å²) in [5.74, 6) is -0.404. The van der Waals surface area contributed by atoms with E-state index in [1.807, 2.05) is 36.8 Å². The molecule has 0 spiro atoms. The number of anilines is 1. The fourth-order valence-electron chi connectivity index (χ4n) is 3.31. The molecule has 26 heavy (non-hydrogen) atoms. The van der Waals surface area contributed by atoms with E-state index in [0.29, 0.717) is 12.2 Å². The first-order valence-corrected chi connectivity index (χ1v) is 8.47. The summed E-state index contributed by atoms with van der Waals surface area (Å²) in [4.78, 5) is 19.5. The number of aromatic amines is 1. The minimum atomic E-state index is -1.02. The first-order valence-electron chi connectivity index (χ1n) is 8.47. The van der Waals surface area contributed by atoms with Crippen LogP contribution >= 0.6 is 0 Å². The number of pyridine rings is 2. The minimum absolute atomic E-state index is 0.303. The monoisotopic (exact) mass is 349 g/mol. The lowest BCUT2D eigenvalue weighted by Crippen LogP contribution is -2.15. The number of nitrogens with one attached hydrogen (secondary N) is 2. The van der Waals surface area contributed by atoms with Gasteiger partial charge in [0, 0.05) is 35.6 Å². The van der Waals surface area contributed by atoms with Gasteiger partial charge in [0.25, 0.3) is 0 Å². The molecular formula is C19H16FN5O. The number of rotatable bonds is 3. The number of fused-ring (bicyclic) bond motifs is 2. The standard InChI is InChI=1S/C19H16FN5O/c1-10-13-2-4-21-18(13)22-9-15(10)11-3-5-25-12(6-11)7-17(24-25)23-19(26)14-8-16(14)20/h2-7,9,14,16H,8H2,1H3,(H,21,22)(H,23,24,26)/t14-,16-/m0/s1. The number of hydrogen-bond donors (Lipinski definition) is 2. The van der Waals surface area contributed by atoms with Gasteiger partial charge in [-0.05, 0) is 42.7 Å². The quantitative estimate of drug-likeness (QED) is 0.595. The van der Waals surface area contributed by atoms with Crippen molar-refractivity contribution in [1.82, 2.24) is 19.6 Å². The molecule has 0 radical (unpaired) electrons. The Kier molecular flexibility index (Phi) is 3.12. The van der Waals surface area contributed by atoms with Crippen LogP contribution in [0.2, 0.25) is 0 Å². The van der Waals surface area contributed by atoms with Crippen molar-refractivity contribution < 1.29 is 9.18 Å². The molecule has 7 heteroatoms. The topological polar surface area (TPSA) is 75.1 Å². The van der Waals surface area contributed by atoms with Crippen LogP contribution < -0.4 is 5.32 Å². The van der Waals surface area contributed by atoms with Crippen LogP contribution in [0.25, 0.3) is 27.7 Å². The molecule has 4 aromatic rings. The van der Waals surface area contributed by atoms with E-state index in [0.717, 1.165) is 33.2 Å². The van der Waals surface area contributed by atoms with Crippen molar-refractivity contribution in [1.29, 1.82) is 0 Å². The van der Waals surface area contributed by atoms with E-state index in [2.05, 4.69) is 27.3 Å². The first-order chi connectivity index (χ1) is 12.6. The number of nitrogens with zero attached hydrogens (tertiary/aromatic N) is 3. The summed E-state index contributed by atoms with van der Waals surface area (Å²) in [6, 6.07) is 7.77. The van der Waals surface area contributed by atoms with Crippen molar-refractivity contribution in [2.75, 3.05) is 5.32 Å². The lowest BCUT2D eigenvalue weighted by Gasteiger charge is -2.07. The van der Waals surface area contributed by atoms with Gasteiger partial charge in [-0.15, -0.1) is 0 Å². The van der Waals surface area contributed by atoms with Crippen molar-refractivity contribution in [3.8, 4) is 11.1 Å². The maximum Gasteiger partial charge on any atom is 0.231 e. The number of H-pyrrole nitrogens is 1. The molecule has 0 saturated heterocycles. The Hall–Kier alpha value is -3.22. The Bertz CT molecular complexity index is 1160. The summed E-state index contributed by atoms with van der Waals surface area (Å²) in [6.45, 7) is 2.07. The van der Waals surface area contributed by atoms with Crippen molar-refractivity contribution in [3.05, 3.63) is 48.4 Å². The number of aryl methyl sites for hydroxylation is 1. The van der Waals surface area contributed by atoms with E-state index in [4.69, 9.17) is 0 Å². The van der Waals surface area contributed by atoms with Crippen molar-refractivity contribution >= 4 is 28.3 Å². The largest absolute Gasteiger partial charge is 0.346 e. The third-order valence-electron chi connectivity index (χ3n) is 4.93. The van der Waals surface area contributed by atoms with Gasteiger partial charge >= 0.3 is 0 Å². The highest BCUT2D eigenvalue weighted by molar-refractivity contribution is 5.94. The fourth-order valence-corrected chi connectivity index (χ4v) is 3.31. The van der Waals surface area contributed by atoms with Gasteiger partial charge in [0.1, 0.15) is 11.8 Å². The molecule has 1 saturated carbocycles. The molecule has 4 aromatic heterocycles. The summed E-state index contributed by atoms with van der Waals surface area (Å²) in [5, 5.41) is 8.11. The second-order valence-corrected chi connectivity index (χ2v) is 6.70. The molecule has 0 bridgehead atoms. The minimum Gasteiger partial charge on any atom is -0.346 e. The maximum absolute atomic E-state index is 13.0. The van der Waals surface area contributed by atoms with Crippen LogP contribution in [0.5, 0.6) is 0 Å². The van der Waals surface area contributed by atoms with Crippen LogP contribution in [0.4, 0.5) is 10.2 Å². The number of aromatic nitrogens is 4. The summed E-state index contributed by atoms with van der Waals surface area (Å²) in [6.07, 6.45) is 4.87. The highest BCUT2D eigenvalue weighted by Gasteiger charge is 2.43. The molecule has 1 aliphatic rings. The van der Waals surface area contributed by atoms with Gasteiger partial charge in [0.05, 0.1) is 11.4 Å². The van der Waals surface area contributed by atoms with Crippen molar-refractivity contribution in [2.24, 2.45) is 5.92 Å². The number of halogens is 1. The Morgan fingerprint density at radius 2 is 2.23 bits per heavy atom. The van der Waals surface area contributed by atoms with Gasteiger partial charge in [0.2, 0.25) is 5.91 Å². The van der Waals surface area contributed by atoms with Gasteiger partial charge in [0.15, 0.2) is 5.82 Å². The smallest absolute Gasteiger partial charge is 0.231 e. The van der Waals surface area contributed by atoms with Gasteiger partial charge < -0.3 is 10.3 Å². The molecule has 0 aliphatic heterocycles. The molecule has 1 amide bonds. The fraction of sp³-hybridized carbons (Fsp3) is 0.211. The molecule has 130 valence electrons. The highest BCUT2D eigenvalue weighted by Crippen LogP contribution is 2.35. The first kappa shape index (κ1) is 15.1. The molecular weight excluding hydrogens is 333 g/mol. The molecule has 2 N–H and O–H groups in total. The van der Waals surface area contributed by atoms with Crippen LogP contribution in [-0.4, -0.2) is 31.7 Å². The summed E-state index contributed by atoms with van der Waals surface area (Å²) >= 11 is 0. The summed E-state index contributed by atoms with van der Waals surface area (Å²) in [5.41, 5.74) is 4.93. The van der Waals surface area contributed by atoms with Crippen molar-refractivity contribution in [2.45, 2.75) is 19.5 Å². The Balaban J connectivity index is 1.50. The number of carbonyl (C=O) groups is 1. The van der Waals surface area contributed by atoms with Crippen molar-refractivity contribution in [3.63, 3.8) is 0 Å². The number of carbonyl (C=O) groups excluding carboxylic acids is 1. The SMILES string of the molecule is Cc1c(-c2ccn3nc(NC(=O)[C@H]4C[C@@H]4F)cc3c2)cnc2[nH]ccc12. The predicted octanol–water partition coefficient (Wildman–Crippen LogP) is 3.48. The van der Waals surface area contributed by atoms with E-state index in [9.17, 15) is 9.18 Å². The molecule has 2 atom stereocenters. The van der Waals surface area contributed by atoms with Crippen LogP contribution in [0.15, 0.2) is 42.9 Å². The third kappa shape index (κ3) is 2.35. The average molecular weight is 349 g/mol. The zero-order chi connectivity index (χ0) is 17.8. The van der Waals surface area contributed by atoms with Gasteiger partial charge in [-0.2, -0.15) is 5.10 Å². The van der Waals surface area contributed by atoms with E-state index >= 15 is 0 Å². The average Bonchev–Trinajstić information content (AvgIpc) is 3.03. The van der Waals surface area contributed by atoms with Gasteiger partial charge in [-0.3, -0.25) is 4.79 Å². The summed E-state index contributed by atoms with van der Waals surface area (Å²) < 4.78 is 14.7. The second kappa shape index (κ2) is 5.39. The van der Waals surface area contributed by atoms with Crippen LogP contribution in [0.1, 0.15) is 12.0 Å². The number of alkyl halides is 1. The van der Waals surface area contributed by atoms with Crippen LogP contribution in [-0.2, 0) is 4.79 Å². The second-order valence-electron chi connectivity index (χ2n) is 6.70. The van der Waals surface area contributed by atoms with Crippen LogP contribution in [0, 0.1) is 12.8 Å². The Morgan fingerprint density at radius 3 is 3.04 bits per heavy atom. The van der Waals surface area contributed by atoms with E-state index in [-0.39, 0.29) is 5.91 Å². The molecule has 0 unspecified atom stereocenters. The van der Waals surface area contributed by atoms with Gasteiger partial charge in [-0.1, -0.05) is 0 Å². The Labute approximate surface area is 148 Å². The number of hydrogen-bond acceptors (Lipinski definition) is 3. The zero-order valence-electron chi connectivity index (χ0n) is 14.0. The summed E-state index contributed by atoms with van der Waals surface area (Å²) in [7, 11) is 0. The zero-order valence-corrected chi connectivity index (χ0v) is 14.0. The Morgan fingerprint density at radius 1 is 1.38 bits per heavy atom. The molecule has 1 fully saturated rings. The number of amides is 1. The third-order valence-corrected chi connectivity index (χ3v) is 4.93. The molecule has 1 aliphatic carbocycles. The molecule has 5 rings (SSSR count). The van der Waals surface area contributed by atoms with E-state index < -0.39 is 12.1 Å². The van der Waals surface area contributed by atoms with E-state index in [1.54, 1.807) is 10.6 Å². The lowest BCUT2D eigenvalue weighted by molar-refractivity contribution is -0.117. The van der Waals surface area contributed by atoms with Crippen LogP contribution in [0.3, 0.4) is 0 Å². The molecule has 4 heterocycles. The predicted molar refractivity (Wildman–Crippen MR) is 96.6 cm³/mol. The normalized spacial score (nSPS) is 19.2. The lowest BCUT2D eigenvalue weighted by atomic mass is 10.0. The highest BCUT2D eigenvalue weighted by atomic mass is 19.1. The molecule has 6 nitrogen and oxygen atoms in total.